The minimum absolute atomic E-state index is 0.0318. The Labute approximate surface area is 153 Å². The van der Waals surface area contributed by atoms with Gasteiger partial charge in [-0.3, -0.25) is 4.79 Å². The van der Waals surface area contributed by atoms with E-state index in [0.717, 1.165) is 17.0 Å². The van der Waals surface area contributed by atoms with E-state index in [1.807, 2.05) is 65.4 Å². The van der Waals surface area contributed by atoms with Gasteiger partial charge in [0.25, 0.3) is 0 Å². The largest absolute Gasteiger partial charge is 0.493 e. The van der Waals surface area contributed by atoms with E-state index < -0.39 is 0 Å². The van der Waals surface area contributed by atoms with E-state index in [1.165, 1.54) is 0 Å². The summed E-state index contributed by atoms with van der Waals surface area (Å²) in [7, 11) is 0. The van der Waals surface area contributed by atoms with Gasteiger partial charge in [-0.2, -0.15) is 0 Å². The second-order valence-corrected chi connectivity index (χ2v) is 6.49. The summed E-state index contributed by atoms with van der Waals surface area (Å²) in [4.78, 5) is 16.4. The molecule has 0 aliphatic heterocycles. The minimum Gasteiger partial charge on any atom is -0.493 e. The van der Waals surface area contributed by atoms with E-state index in [0.29, 0.717) is 18.1 Å². The van der Waals surface area contributed by atoms with Crippen LogP contribution in [0.3, 0.4) is 0 Å². The molecule has 0 fully saturated rings. The molecule has 1 heterocycles. The molecule has 2 aromatic carbocycles. The van der Waals surface area contributed by atoms with Crippen LogP contribution in [0, 0.1) is 5.92 Å². The van der Waals surface area contributed by atoms with Crippen LogP contribution < -0.4 is 4.74 Å². The van der Waals surface area contributed by atoms with E-state index in [9.17, 15) is 4.79 Å². The van der Waals surface area contributed by atoms with E-state index in [-0.39, 0.29) is 5.78 Å². The molecule has 0 saturated heterocycles. The van der Waals surface area contributed by atoms with Crippen molar-refractivity contribution in [3.05, 3.63) is 84.5 Å². The maximum Gasteiger partial charge on any atom is 0.185 e. The third-order valence-electron chi connectivity index (χ3n) is 3.82. The Morgan fingerprint density at radius 3 is 2.69 bits per heavy atom. The number of carbonyl (C=O) groups is 1. The number of hydrogen-bond donors (Lipinski definition) is 0. The molecule has 132 valence electrons. The average Bonchev–Trinajstić information content (AvgIpc) is 3.20. The molecule has 4 heteroatoms. The van der Waals surface area contributed by atoms with Crippen LogP contribution in [0.1, 0.15) is 29.8 Å². The van der Waals surface area contributed by atoms with Crippen molar-refractivity contribution >= 4 is 11.9 Å². The van der Waals surface area contributed by atoms with E-state index in [4.69, 9.17) is 4.74 Å². The third-order valence-corrected chi connectivity index (χ3v) is 3.82. The molecule has 26 heavy (non-hydrogen) atoms. The molecule has 4 nitrogen and oxygen atoms in total. The first-order chi connectivity index (χ1) is 12.6. The Balaban J connectivity index is 1.66. The van der Waals surface area contributed by atoms with Crippen LogP contribution in [0.2, 0.25) is 0 Å². The molecule has 3 rings (SSSR count). The molecule has 0 atom stereocenters. The van der Waals surface area contributed by atoms with Crippen molar-refractivity contribution in [2.24, 2.45) is 5.92 Å². The van der Waals surface area contributed by atoms with Crippen molar-refractivity contribution in [2.75, 3.05) is 6.61 Å². The second-order valence-electron chi connectivity index (χ2n) is 6.49. The molecule has 1 aromatic heterocycles. The maximum atomic E-state index is 12.4. The SMILES string of the molecule is CC(C)COc1cccc(/C=C/C(=O)c2ccc(-n3ccnc3)cc2)c1. The molecule has 0 amide bonds. The monoisotopic (exact) mass is 346 g/mol. The van der Waals surface area contributed by atoms with Gasteiger partial charge < -0.3 is 9.30 Å². The Hall–Kier alpha value is -3.14. The predicted molar refractivity (Wildman–Crippen MR) is 104 cm³/mol. The van der Waals surface area contributed by atoms with E-state index in [1.54, 1.807) is 18.6 Å². The van der Waals surface area contributed by atoms with Crippen LogP contribution in [0.5, 0.6) is 5.75 Å². The average molecular weight is 346 g/mol. The number of rotatable bonds is 7. The van der Waals surface area contributed by atoms with Gasteiger partial charge in [0.1, 0.15) is 5.75 Å². The Morgan fingerprint density at radius 1 is 1.19 bits per heavy atom. The van der Waals surface area contributed by atoms with Gasteiger partial charge in [-0.1, -0.05) is 32.1 Å². The van der Waals surface area contributed by atoms with Gasteiger partial charge in [-0.05, 0) is 54.0 Å². The lowest BCUT2D eigenvalue weighted by Gasteiger charge is -2.08. The summed E-state index contributed by atoms with van der Waals surface area (Å²) in [5.41, 5.74) is 2.56. The molecule has 0 spiro atoms. The quantitative estimate of drug-likeness (QED) is 0.456. The van der Waals surface area contributed by atoms with Crippen molar-refractivity contribution in [3.63, 3.8) is 0 Å². The normalized spacial score (nSPS) is 11.2. The van der Waals surface area contributed by atoms with Crippen LogP contribution in [0.25, 0.3) is 11.8 Å². The van der Waals surface area contributed by atoms with Crippen molar-refractivity contribution in [1.82, 2.24) is 9.55 Å². The van der Waals surface area contributed by atoms with E-state index >= 15 is 0 Å². The molecule has 0 radical (unpaired) electrons. The predicted octanol–water partition coefficient (Wildman–Crippen LogP) is 4.80. The molecule has 0 aliphatic carbocycles. The number of ketones is 1. The summed E-state index contributed by atoms with van der Waals surface area (Å²) in [6, 6.07) is 15.2. The standard InChI is InChI=1S/C22H22N2O2/c1-17(2)15-26-21-5-3-4-18(14-21)6-11-22(25)19-7-9-20(10-8-19)24-13-12-23-16-24/h3-14,16-17H,15H2,1-2H3/b11-6+. The van der Waals surface area contributed by atoms with Crippen LogP contribution in [0.15, 0.2) is 73.3 Å². The summed E-state index contributed by atoms with van der Waals surface area (Å²) in [6.07, 6.45) is 8.72. The van der Waals surface area contributed by atoms with Gasteiger partial charge in [0.15, 0.2) is 5.78 Å². The summed E-state index contributed by atoms with van der Waals surface area (Å²) in [5, 5.41) is 0. The highest BCUT2D eigenvalue weighted by Gasteiger charge is 2.03. The van der Waals surface area contributed by atoms with Crippen molar-refractivity contribution in [3.8, 4) is 11.4 Å². The van der Waals surface area contributed by atoms with E-state index in [2.05, 4.69) is 18.8 Å². The Bertz CT molecular complexity index is 879. The molecule has 0 unspecified atom stereocenters. The summed E-state index contributed by atoms with van der Waals surface area (Å²) < 4.78 is 7.62. The van der Waals surface area contributed by atoms with Crippen LogP contribution in [-0.2, 0) is 0 Å². The summed E-state index contributed by atoms with van der Waals surface area (Å²) >= 11 is 0. The third kappa shape index (κ3) is 4.70. The number of imidazole rings is 1. The highest BCUT2D eigenvalue weighted by atomic mass is 16.5. The zero-order chi connectivity index (χ0) is 18.4. The first-order valence-electron chi connectivity index (χ1n) is 8.65. The molecule has 3 aromatic rings. The molecule has 0 saturated carbocycles. The topological polar surface area (TPSA) is 44.1 Å². The van der Waals surface area contributed by atoms with Crippen molar-refractivity contribution in [2.45, 2.75) is 13.8 Å². The minimum atomic E-state index is -0.0318. The number of allylic oxidation sites excluding steroid dienone is 1. The van der Waals surface area contributed by atoms with Gasteiger partial charge in [0.2, 0.25) is 0 Å². The highest BCUT2D eigenvalue weighted by Crippen LogP contribution is 2.16. The van der Waals surface area contributed by atoms with Crippen LogP contribution in [0.4, 0.5) is 0 Å². The number of nitrogens with zero attached hydrogens (tertiary/aromatic N) is 2. The first-order valence-corrected chi connectivity index (χ1v) is 8.65. The van der Waals surface area contributed by atoms with Gasteiger partial charge in [0, 0.05) is 23.6 Å². The lowest BCUT2D eigenvalue weighted by atomic mass is 10.1. The Morgan fingerprint density at radius 2 is 2.00 bits per heavy atom. The number of aromatic nitrogens is 2. The van der Waals surface area contributed by atoms with Gasteiger partial charge in [-0.15, -0.1) is 0 Å². The van der Waals surface area contributed by atoms with Gasteiger partial charge >= 0.3 is 0 Å². The number of hydrogen-bond acceptors (Lipinski definition) is 3. The fourth-order valence-corrected chi connectivity index (χ4v) is 2.45. The fourth-order valence-electron chi connectivity index (χ4n) is 2.45. The van der Waals surface area contributed by atoms with Crippen molar-refractivity contribution < 1.29 is 9.53 Å². The molecular formula is C22H22N2O2. The summed E-state index contributed by atoms with van der Waals surface area (Å²) in [6.45, 7) is 4.90. The number of benzene rings is 2. The molecule has 0 bridgehead atoms. The highest BCUT2D eigenvalue weighted by molar-refractivity contribution is 6.06. The first kappa shape index (κ1) is 17.7. The molecule has 0 N–H and O–H groups in total. The Kier molecular flexibility index (Phi) is 5.64. The maximum absolute atomic E-state index is 12.4. The fraction of sp³-hybridized carbons (Fsp3) is 0.182. The zero-order valence-corrected chi connectivity index (χ0v) is 15.0. The summed E-state index contributed by atoms with van der Waals surface area (Å²) in [5.74, 6) is 1.26. The lowest BCUT2D eigenvalue weighted by Crippen LogP contribution is -2.04. The second kappa shape index (κ2) is 8.30. The van der Waals surface area contributed by atoms with Crippen LogP contribution >= 0.6 is 0 Å². The number of ether oxygens (including phenoxy) is 1. The van der Waals surface area contributed by atoms with Gasteiger partial charge in [0.05, 0.1) is 12.9 Å². The van der Waals surface area contributed by atoms with Crippen molar-refractivity contribution in [1.29, 1.82) is 0 Å². The smallest absolute Gasteiger partial charge is 0.185 e. The van der Waals surface area contributed by atoms with Crippen LogP contribution in [-0.4, -0.2) is 21.9 Å². The number of carbonyl (C=O) groups excluding carboxylic acids is 1. The van der Waals surface area contributed by atoms with Gasteiger partial charge in [-0.25, -0.2) is 4.98 Å². The molecular weight excluding hydrogens is 324 g/mol. The zero-order valence-electron chi connectivity index (χ0n) is 15.0. The molecule has 0 aliphatic rings. The lowest BCUT2D eigenvalue weighted by molar-refractivity contribution is 0.104.